The van der Waals surface area contributed by atoms with Crippen molar-refractivity contribution in [2.75, 3.05) is 0 Å². The first-order valence-electron chi connectivity index (χ1n) is 7.11. The Hall–Kier alpha value is -2.32. The van der Waals surface area contributed by atoms with E-state index in [1.54, 1.807) is 12.2 Å². The van der Waals surface area contributed by atoms with Crippen molar-refractivity contribution in [3.63, 3.8) is 0 Å². The molecule has 0 bridgehead atoms. The Kier molecular flexibility index (Phi) is 4.58. The lowest BCUT2D eigenvalue weighted by atomic mass is 10.0. The number of allylic oxidation sites excluding steroid dienone is 2. The molecule has 0 saturated heterocycles. The Labute approximate surface area is 155 Å². The summed E-state index contributed by atoms with van der Waals surface area (Å²) in [6.45, 7) is 0. The molecule has 2 N–H and O–H groups in total. The predicted octanol–water partition coefficient (Wildman–Crippen LogP) is 4.08. The van der Waals surface area contributed by atoms with Crippen molar-refractivity contribution in [2.24, 2.45) is 0 Å². The van der Waals surface area contributed by atoms with Crippen LogP contribution in [0, 0.1) is 0 Å². The smallest absolute Gasteiger partial charge is 0.430 e. The van der Waals surface area contributed by atoms with Gasteiger partial charge in [-0.15, -0.1) is 0 Å². The van der Waals surface area contributed by atoms with Crippen LogP contribution in [0.25, 0.3) is 6.08 Å². The SMILES string of the molecule is O=C(O)C1=Cc2cc(Cl)c(OC3(Cl)C=CC=CN3)cc2OC1C(F)(F)F. The van der Waals surface area contributed by atoms with E-state index in [4.69, 9.17) is 37.8 Å². The molecule has 1 aromatic rings. The molecule has 0 spiro atoms. The number of hydrogen-bond acceptors (Lipinski definition) is 4. The minimum absolute atomic E-state index is 0.0172. The summed E-state index contributed by atoms with van der Waals surface area (Å²) in [5, 5.41) is 10.3. The summed E-state index contributed by atoms with van der Waals surface area (Å²) in [5.74, 6) is -2.01. The number of dihydropyridines is 1. The van der Waals surface area contributed by atoms with E-state index in [1.807, 2.05) is 0 Å². The number of carboxylic acid groups (broad SMARTS) is 1. The number of aliphatic carboxylic acids is 1. The highest BCUT2D eigenvalue weighted by Crippen LogP contribution is 2.42. The zero-order chi connectivity index (χ0) is 19.1. The number of carbonyl (C=O) groups is 1. The summed E-state index contributed by atoms with van der Waals surface area (Å²) < 4.78 is 49.8. The number of hydrogen-bond donors (Lipinski definition) is 2. The molecular weight excluding hydrogens is 398 g/mol. The minimum atomic E-state index is -4.91. The zero-order valence-electron chi connectivity index (χ0n) is 12.7. The second kappa shape index (κ2) is 6.44. The first kappa shape index (κ1) is 18.5. The molecule has 0 saturated carbocycles. The molecule has 2 atom stereocenters. The van der Waals surface area contributed by atoms with E-state index in [-0.39, 0.29) is 22.1 Å². The van der Waals surface area contributed by atoms with Crippen LogP contribution < -0.4 is 14.8 Å². The van der Waals surface area contributed by atoms with Gasteiger partial charge >= 0.3 is 12.1 Å². The van der Waals surface area contributed by atoms with Gasteiger partial charge in [0.1, 0.15) is 11.5 Å². The molecule has 138 valence electrons. The number of alkyl halides is 4. The average molecular weight is 408 g/mol. The van der Waals surface area contributed by atoms with Crippen molar-refractivity contribution in [1.82, 2.24) is 5.32 Å². The van der Waals surface area contributed by atoms with Gasteiger partial charge in [0, 0.05) is 17.8 Å². The van der Waals surface area contributed by atoms with Gasteiger partial charge < -0.3 is 19.9 Å². The van der Waals surface area contributed by atoms with Crippen LogP contribution in [0.3, 0.4) is 0 Å². The summed E-state index contributed by atoms with van der Waals surface area (Å²) in [5.41, 5.74) is -0.860. The molecule has 2 unspecified atom stereocenters. The van der Waals surface area contributed by atoms with Gasteiger partial charge in [-0.3, -0.25) is 0 Å². The summed E-state index contributed by atoms with van der Waals surface area (Å²) in [6.07, 6.45) is -0.408. The number of carboxylic acids is 1. The fourth-order valence-electron chi connectivity index (χ4n) is 2.36. The highest BCUT2D eigenvalue weighted by molar-refractivity contribution is 6.32. The standard InChI is InChI=1S/C16H10Cl2F3NO4/c17-10-6-8-5-9(14(23)24)13(16(19,20)21)25-11(8)7-12(10)26-15(18)3-1-2-4-22-15/h1-7,13,22H,(H,23,24). The van der Waals surface area contributed by atoms with Crippen molar-refractivity contribution < 1.29 is 32.5 Å². The van der Waals surface area contributed by atoms with Gasteiger partial charge in [0.2, 0.25) is 6.10 Å². The van der Waals surface area contributed by atoms with E-state index in [0.29, 0.717) is 0 Å². The van der Waals surface area contributed by atoms with E-state index in [9.17, 15) is 18.0 Å². The maximum atomic E-state index is 13.1. The van der Waals surface area contributed by atoms with Crippen molar-refractivity contribution >= 4 is 35.2 Å². The number of benzene rings is 1. The van der Waals surface area contributed by atoms with Crippen LogP contribution in [-0.2, 0) is 4.79 Å². The van der Waals surface area contributed by atoms with E-state index in [1.165, 1.54) is 18.3 Å². The van der Waals surface area contributed by atoms with Crippen molar-refractivity contribution in [3.05, 3.63) is 52.7 Å². The molecule has 3 rings (SSSR count). The van der Waals surface area contributed by atoms with Crippen LogP contribution in [0.4, 0.5) is 13.2 Å². The molecule has 0 fully saturated rings. The molecule has 10 heteroatoms. The Balaban J connectivity index is 1.99. The van der Waals surface area contributed by atoms with Gasteiger partial charge in [-0.25, -0.2) is 4.79 Å². The highest BCUT2D eigenvalue weighted by Gasteiger charge is 2.48. The Bertz CT molecular complexity index is 851. The normalized spacial score (nSPS) is 24.2. The molecule has 0 aliphatic carbocycles. The molecule has 0 radical (unpaired) electrons. The molecule has 2 heterocycles. The lowest BCUT2D eigenvalue weighted by molar-refractivity contribution is -0.187. The molecule has 0 aromatic heterocycles. The summed E-state index contributed by atoms with van der Waals surface area (Å²) >= 11 is 12.3. The van der Waals surface area contributed by atoms with E-state index >= 15 is 0 Å². The molecule has 5 nitrogen and oxygen atoms in total. The van der Waals surface area contributed by atoms with Crippen molar-refractivity contribution in [2.45, 2.75) is 17.5 Å². The molecule has 26 heavy (non-hydrogen) atoms. The summed E-state index contributed by atoms with van der Waals surface area (Å²) in [4.78, 5) is 11.1. The molecule has 0 amide bonds. The minimum Gasteiger partial charge on any atom is -0.478 e. The largest absolute Gasteiger partial charge is 0.478 e. The highest BCUT2D eigenvalue weighted by atomic mass is 35.5. The Morgan fingerprint density at radius 3 is 2.65 bits per heavy atom. The fraction of sp³-hybridized carbons (Fsp3) is 0.188. The molecule has 1 aromatic carbocycles. The third-order valence-electron chi connectivity index (χ3n) is 3.50. The fourth-order valence-corrected chi connectivity index (χ4v) is 2.79. The van der Waals surface area contributed by atoms with Gasteiger partial charge in [-0.2, -0.15) is 13.2 Å². The Morgan fingerprint density at radius 1 is 1.35 bits per heavy atom. The van der Waals surface area contributed by atoms with Crippen LogP contribution in [0.1, 0.15) is 5.56 Å². The molecule has 2 aliphatic rings. The van der Waals surface area contributed by atoms with E-state index in [2.05, 4.69) is 5.32 Å². The van der Waals surface area contributed by atoms with Gasteiger partial charge in [0.25, 0.3) is 5.18 Å². The van der Waals surface area contributed by atoms with E-state index in [0.717, 1.165) is 12.1 Å². The molecular formula is C16H10Cl2F3NO4. The zero-order valence-corrected chi connectivity index (χ0v) is 14.2. The third-order valence-corrected chi connectivity index (χ3v) is 4.11. The van der Waals surface area contributed by atoms with Crippen molar-refractivity contribution in [1.29, 1.82) is 0 Å². The van der Waals surface area contributed by atoms with Gasteiger partial charge in [-0.1, -0.05) is 17.7 Å². The summed E-state index contributed by atoms with van der Waals surface area (Å²) in [6, 6.07) is 2.37. The first-order chi connectivity index (χ1) is 12.1. The number of nitrogens with one attached hydrogen (secondary N) is 1. The Morgan fingerprint density at radius 2 is 2.08 bits per heavy atom. The number of fused-ring (bicyclic) bond motifs is 1. The van der Waals surface area contributed by atoms with Gasteiger partial charge in [0.05, 0.1) is 10.6 Å². The second-order valence-electron chi connectivity index (χ2n) is 5.37. The maximum absolute atomic E-state index is 13.1. The van der Waals surface area contributed by atoms with Crippen LogP contribution in [-0.4, -0.2) is 28.5 Å². The third kappa shape index (κ3) is 3.61. The van der Waals surface area contributed by atoms with Crippen molar-refractivity contribution in [3.8, 4) is 11.5 Å². The lowest BCUT2D eigenvalue weighted by Gasteiger charge is -2.30. The topological polar surface area (TPSA) is 67.8 Å². The second-order valence-corrected chi connectivity index (χ2v) is 6.34. The van der Waals surface area contributed by atoms with Crippen LogP contribution >= 0.6 is 23.2 Å². The number of rotatable bonds is 3. The average Bonchev–Trinajstić information content (AvgIpc) is 2.54. The van der Waals surface area contributed by atoms with E-state index < -0.39 is 29.0 Å². The molecule has 2 aliphatic heterocycles. The van der Waals surface area contributed by atoms with Crippen LogP contribution in [0.5, 0.6) is 11.5 Å². The maximum Gasteiger partial charge on any atom is 0.430 e. The van der Waals surface area contributed by atoms with Gasteiger partial charge in [0.15, 0.2) is 0 Å². The quantitative estimate of drug-likeness (QED) is 0.583. The van der Waals surface area contributed by atoms with Crippen LogP contribution in [0.2, 0.25) is 5.02 Å². The van der Waals surface area contributed by atoms with Crippen LogP contribution in [0.15, 0.2) is 42.1 Å². The number of halogens is 5. The predicted molar refractivity (Wildman–Crippen MR) is 88.2 cm³/mol. The number of ether oxygens (including phenoxy) is 2. The first-order valence-corrected chi connectivity index (χ1v) is 7.86. The summed E-state index contributed by atoms with van der Waals surface area (Å²) in [7, 11) is 0. The lowest BCUT2D eigenvalue weighted by Crippen LogP contribution is -2.41. The van der Waals surface area contributed by atoms with Gasteiger partial charge in [-0.05, 0) is 35.9 Å². The monoisotopic (exact) mass is 407 g/mol.